The molecule has 4 aromatic rings. The van der Waals surface area contributed by atoms with Crippen molar-refractivity contribution in [2.45, 2.75) is 18.6 Å². The average molecular weight is 423 g/mol. The lowest BCUT2D eigenvalue weighted by molar-refractivity contribution is 0.117. The van der Waals surface area contributed by atoms with E-state index in [0.29, 0.717) is 0 Å². The maximum Gasteiger partial charge on any atom is 0.221 e. The number of ether oxygens (including phenoxy) is 1. The van der Waals surface area contributed by atoms with E-state index in [1.54, 1.807) is 0 Å². The van der Waals surface area contributed by atoms with E-state index in [0.717, 1.165) is 28.0 Å². The number of nitrogens with zero attached hydrogens (tertiary/aromatic N) is 2. The van der Waals surface area contributed by atoms with E-state index < -0.39 is 5.72 Å². The molecule has 0 aromatic heterocycles. The van der Waals surface area contributed by atoms with Gasteiger partial charge in [0.1, 0.15) is 5.75 Å². The van der Waals surface area contributed by atoms with E-state index in [1.807, 2.05) is 31.2 Å². The van der Waals surface area contributed by atoms with Crippen LogP contribution in [0.4, 0.5) is 0 Å². The monoisotopic (exact) mass is 422 g/mol. The zero-order valence-corrected chi connectivity index (χ0v) is 17.7. The van der Waals surface area contributed by atoms with Crippen molar-refractivity contribution in [2.24, 2.45) is 9.98 Å². The Kier molecular flexibility index (Phi) is 4.02. The number of rotatable bonds is 2. The van der Waals surface area contributed by atoms with Crippen LogP contribution in [0.5, 0.6) is 5.75 Å². The molecule has 31 heavy (non-hydrogen) atoms. The molecule has 0 saturated carbocycles. The van der Waals surface area contributed by atoms with E-state index >= 15 is 0 Å². The first-order valence-electron chi connectivity index (χ1n) is 10.3. The Hall–Kier alpha value is -3.43. The molecule has 2 atom stereocenters. The van der Waals surface area contributed by atoms with Crippen molar-refractivity contribution in [3.05, 3.63) is 102 Å². The van der Waals surface area contributed by atoms with Crippen molar-refractivity contribution in [3.8, 4) is 16.9 Å². The number of hydrogen-bond donors (Lipinski definition) is 0. The highest BCUT2D eigenvalue weighted by Gasteiger charge is 2.50. The number of hydrogen-bond acceptors (Lipinski definition) is 3. The second-order valence-corrected chi connectivity index (χ2v) is 8.49. The van der Waals surface area contributed by atoms with Gasteiger partial charge in [-0.1, -0.05) is 72.8 Å². The summed E-state index contributed by atoms with van der Waals surface area (Å²) in [5, 5.41) is 2.57. The Balaban J connectivity index is 1.46. The van der Waals surface area contributed by atoms with Crippen LogP contribution < -0.4 is 4.74 Å². The van der Waals surface area contributed by atoms with Gasteiger partial charge in [-0.2, -0.15) is 0 Å². The lowest BCUT2D eigenvalue weighted by atomic mass is 9.83. The fourth-order valence-electron chi connectivity index (χ4n) is 4.69. The molecule has 0 fully saturated rings. The maximum absolute atomic E-state index is 6.35. The molecule has 2 aliphatic rings. The standard InChI is InChI=1S/C27H19ClN2O/c1-27-24(22-9-5-6-10-23(22)31-27)25(29-26(28)30-27)21-14-13-19-15-18(11-12-20(19)16-21)17-7-3-2-4-8-17/h2-16,24H,1H3. The van der Waals surface area contributed by atoms with E-state index in [9.17, 15) is 0 Å². The zero-order chi connectivity index (χ0) is 21.0. The second kappa shape index (κ2) is 6.79. The molecule has 0 aliphatic carbocycles. The summed E-state index contributed by atoms with van der Waals surface area (Å²) in [5.41, 5.74) is 4.65. The molecule has 0 N–H and O–H groups in total. The number of aliphatic imine (C=N–C) groups is 2. The summed E-state index contributed by atoms with van der Waals surface area (Å²) in [6.07, 6.45) is 0. The number of amidine groups is 1. The Bertz CT molecular complexity index is 1390. The van der Waals surface area contributed by atoms with Gasteiger partial charge in [-0.05, 0) is 64.2 Å². The molecule has 0 amide bonds. The molecule has 6 rings (SSSR count). The molecule has 3 nitrogen and oxygen atoms in total. The first kappa shape index (κ1) is 18.3. The van der Waals surface area contributed by atoms with Crippen molar-refractivity contribution in [3.63, 3.8) is 0 Å². The summed E-state index contributed by atoms with van der Waals surface area (Å²) in [4.78, 5) is 9.21. The highest BCUT2D eigenvalue weighted by atomic mass is 35.5. The zero-order valence-electron chi connectivity index (χ0n) is 16.9. The van der Waals surface area contributed by atoms with Gasteiger partial charge in [-0.25, -0.2) is 9.98 Å². The third-order valence-corrected chi connectivity index (χ3v) is 6.29. The van der Waals surface area contributed by atoms with Gasteiger partial charge in [0.25, 0.3) is 0 Å². The topological polar surface area (TPSA) is 34.0 Å². The normalized spacial score (nSPS) is 21.7. The minimum absolute atomic E-state index is 0.104. The van der Waals surface area contributed by atoms with Crippen LogP contribution in [0.1, 0.15) is 24.0 Å². The third-order valence-electron chi connectivity index (χ3n) is 6.13. The molecule has 0 saturated heterocycles. The highest BCUT2D eigenvalue weighted by molar-refractivity contribution is 6.66. The van der Waals surface area contributed by atoms with Gasteiger partial charge in [0.15, 0.2) is 0 Å². The van der Waals surface area contributed by atoms with E-state index in [-0.39, 0.29) is 11.2 Å². The molecule has 4 aromatic carbocycles. The predicted molar refractivity (Wildman–Crippen MR) is 127 cm³/mol. The fourth-order valence-corrected chi connectivity index (χ4v) is 4.95. The summed E-state index contributed by atoms with van der Waals surface area (Å²) in [7, 11) is 0. The summed E-state index contributed by atoms with van der Waals surface area (Å²) in [6.45, 7) is 1.97. The Morgan fingerprint density at radius 1 is 0.774 bits per heavy atom. The average Bonchev–Trinajstić information content (AvgIpc) is 3.10. The van der Waals surface area contributed by atoms with Crippen LogP contribution in [0.15, 0.2) is 101 Å². The molecule has 0 bridgehead atoms. The molecule has 150 valence electrons. The predicted octanol–water partition coefficient (Wildman–Crippen LogP) is 6.80. The lowest BCUT2D eigenvalue weighted by Crippen LogP contribution is -2.40. The van der Waals surface area contributed by atoms with Crippen LogP contribution in [-0.4, -0.2) is 16.7 Å². The van der Waals surface area contributed by atoms with E-state index in [2.05, 4.69) is 76.7 Å². The summed E-state index contributed by atoms with van der Waals surface area (Å²) >= 11 is 6.35. The van der Waals surface area contributed by atoms with Gasteiger partial charge in [0, 0.05) is 5.56 Å². The quantitative estimate of drug-likeness (QED) is 0.327. The highest BCUT2D eigenvalue weighted by Crippen LogP contribution is 2.49. The van der Waals surface area contributed by atoms with Gasteiger partial charge >= 0.3 is 0 Å². The molecular formula is C27H19ClN2O. The van der Waals surface area contributed by atoms with Gasteiger partial charge in [-0.15, -0.1) is 0 Å². The van der Waals surface area contributed by atoms with Crippen molar-refractivity contribution < 1.29 is 4.74 Å². The van der Waals surface area contributed by atoms with Gasteiger partial charge in [-0.3, -0.25) is 0 Å². The minimum atomic E-state index is -0.788. The third kappa shape index (κ3) is 2.96. The maximum atomic E-state index is 6.35. The Morgan fingerprint density at radius 3 is 2.26 bits per heavy atom. The van der Waals surface area contributed by atoms with Crippen LogP contribution in [0, 0.1) is 0 Å². The summed E-state index contributed by atoms with van der Waals surface area (Å²) in [5.74, 6) is 0.735. The number of halogens is 1. The smallest absolute Gasteiger partial charge is 0.221 e. The van der Waals surface area contributed by atoms with Crippen LogP contribution >= 0.6 is 11.6 Å². The van der Waals surface area contributed by atoms with Crippen molar-refractivity contribution in [1.82, 2.24) is 0 Å². The summed E-state index contributed by atoms with van der Waals surface area (Å²) in [6, 6.07) is 31.5. The van der Waals surface area contributed by atoms with Gasteiger partial charge < -0.3 is 4.74 Å². The molecular weight excluding hydrogens is 404 g/mol. The van der Waals surface area contributed by atoms with Crippen LogP contribution in [0.25, 0.3) is 21.9 Å². The van der Waals surface area contributed by atoms with Crippen molar-refractivity contribution >= 4 is 33.4 Å². The number of fused-ring (bicyclic) bond motifs is 4. The van der Waals surface area contributed by atoms with Crippen LogP contribution in [0.2, 0.25) is 0 Å². The summed E-state index contributed by atoms with van der Waals surface area (Å²) < 4.78 is 6.22. The minimum Gasteiger partial charge on any atom is -0.465 e. The largest absolute Gasteiger partial charge is 0.465 e. The molecule has 2 aliphatic heterocycles. The van der Waals surface area contributed by atoms with Gasteiger partial charge in [0.05, 0.1) is 11.6 Å². The molecule has 0 radical (unpaired) electrons. The Labute approximate surface area is 185 Å². The van der Waals surface area contributed by atoms with E-state index in [4.69, 9.17) is 16.3 Å². The fraction of sp³-hybridized carbons (Fsp3) is 0.111. The molecule has 2 unspecified atom stereocenters. The molecule has 2 heterocycles. The van der Waals surface area contributed by atoms with Crippen LogP contribution in [-0.2, 0) is 0 Å². The second-order valence-electron chi connectivity index (χ2n) is 8.15. The van der Waals surface area contributed by atoms with Crippen molar-refractivity contribution in [2.75, 3.05) is 0 Å². The van der Waals surface area contributed by atoms with Crippen molar-refractivity contribution in [1.29, 1.82) is 0 Å². The lowest BCUT2D eigenvalue weighted by Gasteiger charge is -2.31. The number of benzene rings is 4. The van der Waals surface area contributed by atoms with Crippen LogP contribution in [0.3, 0.4) is 0 Å². The SMILES string of the molecule is CC12N=C(Cl)N=C(c3ccc4cc(-c5ccccc5)ccc4c3)C1c1ccccc1O2. The van der Waals surface area contributed by atoms with Gasteiger partial charge in [0.2, 0.25) is 11.0 Å². The first-order valence-corrected chi connectivity index (χ1v) is 10.7. The van der Waals surface area contributed by atoms with E-state index in [1.165, 1.54) is 16.5 Å². The molecule has 4 heteroatoms. The Morgan fingerprint density at radius 2 is 1.45 bits per heavy atom. The molecule has 0 spiro atoms. The number of para-hydroxylation sites is 1. The first-order chi connectivity index (χ1) is 15.1.